The standard InChI is InChI=1S/C14H11FN2O6S/c15-6-1-2-8-7(5-6)14(23,12(21)16-8)10-11(20)17(13(22)24-10)4-3-9(18)19/h1-2,5,20,23H,3-4H2,(H,16,21)(H,18,19). The number of anilines is 1. The summed E-state index contributed by atoms with van der Waals surface area (Å²) in [7, 11) is 0. The first-order valence-electron chi connectivity index (χ1n) is 6.74. The maximum Gasteiger partial charge on any atom is 0.310 e. The molecule has 1 atom stereocenters. The lowest BCUT2D eigenvalue weighted by Gasteiger charge is -2.19. The number of rotatable bonds is 4. The summed E-state index contributed by atoms with van der Waals surface area (Å²) in [6.45, 7) is -0.329. The molecule has 1 aliphatic rings. The summed E-state index contributed by atoms with van der Waals surface area (Å²) in [5.74, 6) is -3.55. The van der Waals surface area contributed by atoms with Crippen LogP contribution < -0.4 is 10.2 Å². The van der Waals surface area contributed by atoms with Gasteiger partial charge in [-0.25, -0.2) is 4.39 Å². The Labute approximate surface area is 137 Å². The Morgan fingerprint density at radius 3 is 2.75 bits per heavy atom. The Bertz CT molecular complexity index is 920. The quantitative estimate of drug-likeness (QED) is 0.630. The predicted molar refractivity (Wildman–Crippen MR) is 80.5 cm³/mol. The summed E-state index contributed by atoms with van der Waals surface area (Å²) in [5.41, 5.74) is -2.41. The van der Waals surface area contributed by atoms with Gasteiger partial charge in [0.05, 0.1) is 6.42 Å². The molecule has 3 rings (SSSR count). The topological polar surface area (TPSA) is 129 Å². The van der Waals surface area contributed by atoms with E-state index in [-0.39, 0.29) is 22.7 Å². The molecule has 0 saturated carbocycles. The maximum atomic E-state index is 13.5. The second-order valence-electron chi connectivity index (χ2n) is 5.17. The van der Waals surface area contributed by atoms with Crippen LogP contribution in [0.1, 0.15) is 16.9 Å². The lowest BCUT2D eigenvalue weighted by atomic mass is 9.93. The second-order valence-corrected chi connectivity index (χ2v) is 6.13. The Morgan fingerprint density at radius 1 is 1.38 bits per heavy atom. The van der Waals surface area contributed by atoms with Crippen LogP contribution in [0.3, 0.4) is 0 Å². The zero-order valence-corrected chi connectivity index (χ0v) is 12.8. The van der Waals surface area contributed by atoms with E-state index >= 15 is 0 Å². The summed E-state index contributed by atoms with van der Waals surface area (Å²) in [6.07, 6.45) is -0.431. The highest BCUT2D eigenvalue weighted by molar-refractivity contribution is 7.10. The number of aliphatic hydroxyl groups is 1. The summed E-state index contributed by atoms with van der Waals surface area (Å²) in [6, 6.07) is 3.27. The van der Waals surface area contributed by atoms with Gasteiger partial charge in [0.25, 0.3) is 5.91 Å². The first kappa shape index (κ1) is 16.1. The van der Waals surface area contributed by atoms with Crippen LogP contribution in [0.5, 0.6) is 5.88 Å². The number of nitrogens with zero attached hydrogens (tertiary/aromatic N) is 1. The summed E-state index contributed by atoms with van der Waals surface area (Å²) in [5, 5.41) is 32.0. The molecule has 4 N–H and O–H groups in total. The molecule has 1 aromatic heterocycles. The maximum absolute atomic E-state index is 13.5. The minimum atomic E-state index is -2.43. The van der Waals surface area contributed by atoms with E-state index < -0.39 is 40.5 Å². The van der Waals surface area contributed by atoms with E-state index in [1.54, 1.807) is 0 Å². The number of hydrogen-bond acceptors (Lipinski definition) is 6. The molecule has 0 aliphatic carbocycles. The van der Waals surface area contributed by atoms with Crippen LogP contribution in [0, 0.1) is 5.82 Å². The third kappa shape index (κ3) is 2.27. The first-order valence-corrected chi connectivity index (χ1v) is 7.55. The van der Waals surface area contributed by atoms with Gasteiger partial charge in [0.2, 0.25) is 11.5 Å². The number of carbonyl (C=O) groups is 2. The van der Waals surface area contributed by atoms with Crippen molar-refractivity contribution in [3.8, 4) is 5.88 Å². The minimum Gasteiger partial charge on any atom is -0.493 e. The van der Waals surface area contributed by atoms with Gasteiger partial charge in [0, 0.05) is 17.8 Å². The molecular formula is C14H11FN2O6S. The molecule has 2 heterocycles. The molecule has 1 aromatic carbocycles. The first-order chi connectivity index (χ1) is 11.2. The van der Waals surface area contributed by atoms with Gasteiger partial charge in [0.15, 0.2) is 0 Å². The summed E-state index contributed by atoms with van der Waals surface area (Å²) < 4.78 is 14.2. The molecule has 24 heavy (non-hydrogen) atoms. The third-order valence-corrected chi connectivity index (χ3v) is 4.77. The van der Waals surface area contributed by atoms with Crippen molar-refractivity contribution in [2.24, 2.45) is 0 Å². The fraction of sp³-hybridized carbons (Fsp3) is 0.214. The predicted octanol–water partition coefficient (Wildman–Crippen LogP) is 0.417. The number of aromatic nitrogens is 1. The molecule has 8 nitrogen and oxygen atoms in total. The van der Waals surface area contributed by atoms with Gasteiger partial charge in [0.1, 0.15) is 10.7 Å². The molecule has 2 aromatic rings. The smallest absolute Gasteiger partial charge is 0.310 e. The zero-order chi connectivity index (χ0) is 17.6. The summed E-state index contributed by atoms with van der Waals surface area (Å²) in [4.78, 5) is 33.7. The average Bonchev–Trinajstić information content (AvgIpc) is 2.93. The second kappa shape index (κ2) is 5.42. The number of carbonyl (C=O) groups excluding carboxylic acids is 1. The van der Waals surface area contributed by atoms with Crippen molar-refractivity contribution < 1.29 is 29.3 Å². The normalized spacial score (nSPS) is 19.2. The lowest BCUT2D eigenvalue weighted by Crippen LogP contribution is -2.34. The van der Waals surface area contributed by atoms with Crippen LogP contribution in [0.2, 0.25) is 0 Å². The van der Waals surface area contributed by atoms with Gasteiger partial charge in [-0.1, -0.05) is 11.3 Å². The van der Waals surface area contributed by atoms with E-state index in [1.165, 1.54) is 6.07 Å². The van der Waals surface area contributed by atoms with E-state index in [2.05, 4.69) is 5.32 Å². The zero-order valence-electron chi connectivity index (χ0n) is 11.9. The van der Waals surface area contributed by atoms with Crippen molar-refractivity contribution in [1.82, 2.24) is 4.57 Å². The van der Waals surface area contributed by atoms with Gasteiger partial charge < -0.3 is 20.6 Å². The molecular weight excluding hydrogens is 343 g/mol. The van der Waals surface area contributed by atoms with Gasteiger partial charge in [-0.3, -0.25) is 19.0 Å². The molecule has 0 bridgehead atoms. The number of aromatic hydroxyl groups is 1. The SMILES string of the molecule is O=C(O)CCn1c(O)c(C2(O)C(=O)Nc3ccc(F)cc32)sc1=O. The number of thiazole rings is 1. The molecule has 1 aliphatic heterocycles. The van der Waals surface area contributed by atoms with E-state index in [1.807, 2.05) is 0 Å². The number of amides is 1. The van der Waals surface area contributed by atoms with Crippen LogP contribution in [-0.2, 0) is 21.7 Å². The molecule has 1 unspecified atom stereocenters. The number of carboxylic acid groups (broad SMARTS) is 1. The monoisotopic (exact) mass is 354 g/mol. The third-order valence-electron chi connectivity index (χ3n) is 3.69. The molecule has 0 saturated heterocycles. The average molecular weight is 354 g/mol. The van der Waals surface area contributed by atoms with Crippen molar-refractivity contribution in [3.63, 3.8) is 0 Å². The number of benzene rings is 1. The van der Waals surface area contributed by atoms with Crippen molar-refractivity contribution in [1.29, 1.82) is 0 Å². The van der Waals surface area contributed by atoms with Crippen molar-refractivity contribution in [2.75, 3.05) is 5.32 Å². The van der Waals surface area contributed by atoms with Crippen molar-refractivity contribution in [2.45, 2.75) is 18.6 Å². The number of nitrogens with one attached hydrogen (secondary N) is 1. The molecule has 1 amide bonds. The van der Waals surface area contributed by atoms with Crippen LogP contribution in [0.4, 0.5) is 10.1 Å². The molecule has 0 radical (unpaired) electrons. The summed E-state index contributed by atoms with van der Waals surface area (Å²) >= 11 is 0.393. The van der Waals surface area contributed by atoms with Crippen LogP contribution in [0.25, 0.3) is 0 Å². The van der Waals surface area contributed by atoms with Gasteiger partial charge in [-0.05, 0) is 18.2 Å². The molecule has 0 spiro atoms. The van der Waals surface area contributed by atoms with E-state index in [0.29, 0.717) is 11.3 Å². The van der Waals surface area contributed by atoms with Gasteiger partial charge in [-0.15, -0.1) is 0 Å². The van der Waals surface area contributed by atoms with Gasteiger partial charge in [-0.2, -0.15) is 0 Å². The van der Waals surface area contributed by atoms with Gasteiger partial charge >= 0.3 is 10.8 Å². The fourth-order valence-corrected chi connectivity index (χ4v) is 3.54. The van der Waals surface area contributed by atoms with Crippen LogP contribution in [0.15, 0.2) is 23.0 Å². The highest BCUT2D eigenvalue weighted by atomic mass is 32.1. The van der Waals surface area contributed by atoms with Crippen LogP contribution >= 0.6 is 11.3 Å². The largest absolute Gasteiger partial charge is 0.493 e. The van der Waals surface area contributed by atoms with E-state index in [9.17, 15) is 29.0 Å². The lowest BCUT2D eigenvalue weighted by molar-refractivity contribution is -0.137. The number of hydrogen-bond donors (Lipinski definition) is 4. The molecule has 126 valence electrons. The molecule has 10 heteroatoms. The van der Waals surface area contributed by atoms with Crippen molar-refractivity contribution in [3.05, 3.63) is 44.1 Å². The highest BCUT2D eigenvalue weighted by Gasteiger charge is 2.50. The van der Waals surface area contributed by atoms with Crippen molar-refractivity contribution >= 4 is 28.9 Å². The number of carboxylic acids is 1. The molecule has 0 fully saturated rings. The fourth-order valence-electron chi connectivity index (χ4n) is 2.52. The Balaban J connectivity index is 2.14. The number of fused-ring (bicyclic) bond motifs is 1. The van der Waals surface area contributed by atoms with E-state index in [0.717, 1.165) is 16.7 Å². The van der Waals surface area contributed by atoms with E-state index in [4.69, 9.17) is 5.11 Å². The Hall–Kier alpha value is -2.72. The highest BCUT2D eigenvalue weighted by Crippen LogP contribution is 2.45. The minimum absolute atomic E-state index is 0.130. The Kier molecular flexibility index (Phi) is 3.65. The Morgan fingerprint density at radius 2 is 2.08 bits per heavy atom. The number of aliphatic carboxylic acids is 1. The van der Waals surface area contributed by atoms with Crippen LogP contribution in [-0.4, -0.2) is 31.8 Å². The number of halogens is 1.